The van der Waals surface area contributed by atoms with Crippen molar-refractivity contribution in [2.24, 2.45) is 0 Å². The first-order valence-electron chi connectivity index (χ1n) is 4.85. The van der Waals surface area contributed by atoms with Gasteiger partial charge >= 0.3 is 8.69 Å². The lowest BCUT2D eigenvalue weighted by atomic mass is 10.0. The van der Waals surface area contributed by atoms with Crippen LogP contribution in [0.3, 0.4) is 0 Å². The molecule has 2 aromatic rings. The third-order valence-electron chi connectivity index (χ3n) is 2.11. The van der Waals surface area contributed by atoms with Crippen molar-refractivity contribution in [1.82, 2.24) is 0 Å². The molecular weight excluding hydrogens is 235 g/mol. The molecule has 0 amide bonds. The normalized spacial score (nSPS) is 9.47. The molecule has 0 heterocycles. The van der Waals surface area contributed by atoms with E-state index in [-0.39, 0.29) is 0 Å². The van der Waals surface area contributed by atoms with Crippen LogP contribution in [0.4, 0.5) is 11.4 Å². The SMILES string of the molecule is Nc1cccc(-c2cccc(N)c2)c1.O=PO. The molecule has 0 aromatic heterocycles. The molecule has 2 rings (SSSR count). The molecule has 0 saturated heterocycles. The first-order chi connectivity index (χ1) is 8.17. The van der Waals surface area contributed by atoms with E-state index < -0.39 is 8.69 Å². The summed E-state index contributed by atoms with van der Waals surface area (Å²) in [5.41, 5.74) is 15.1. The van der Waals surface area contributed by atoms with E-state index in [9.17, 15) is 0 Å². The quantitative estimate of drug-likeness (QED) is 0.534. The molecule has 0 bridgehead atoms. The highest BCUT2D eigenvalue weighted by atomic mass is 31.1. The number of anilines is 2. The second-order valence-corrected chi connectivity index (χ2v) is 3.50. The van der Waals surface area contributed by atoms with E-state index >= 15 is 0 Å². The molecule has 0 radical (unpaired) electrons. The van der Waals surface area contributed by atoms with Gasteiger partial charge in [0.05, 0.1) is 0 Å². The number of nitrogens with two attached hydrogens (primary N) is 2. The maximum absolute atomic E-state index is 8.46. The highest BCUT2D eigenvalue weighted by molar-refractivity contribution is 7.16. The molecule has 88 valence electrons. The largest absolute Gasteiger partial charge is 0.399 e. The van der Waals surface area contributed by atoms with E-state index in [1.165, 1.54) is 0 Å². The number of hydrogen-bond donors (Lipinski definition) is 3. The molecule has 0 fully saturated rings. The van der Waals surface area contributed by atoms with Crippen LogP contribution >= 0.6 is 8.69 Å². The molecule has 0 spiro atoms. The zero-order chi connectivity index (χ0) is 12.7. The van der Waals surface area contributed by atoms with Gasteiger partial charge in [-0.25, -0.2) is 4.57 Å². The fourth-order valence-electron chi connectivity index (χ4n) is 1.44. The van der Waals surface area contributed by atoms with Crippen LogP contribution in [0.25, 0.3) is 11.1 Å². The third-order valence-corrected chi connectivity index (χ3v) is 2.11. The van der Waals surface area contributed by atoms with Gasteiger partial charge in [-0.3, -0.25) is 0 Å². The molecule has 5 N–H and O–H groups in total. The topological polar surface area (TPSA) is 89.3 Å². The highest BCUT2D eigenvalue weighted by Crippen LogP contribution is 2.22. The maximum atomic E-state index is 8.46. The third kappa shape index (κ3) is 4.23. The Balaban J connectivity index is 0.000000437. The molecular formula is C12H13N2O2P. The van der Waals surface area contributed by atoms with Crippen molar-refractivity contribution in [3.05, 3.63) is 48.5 Å². The van der Waals surface area contributed by atoms with Gasteiger partial charge < -0.3 is 16.4 Å². The van der Waals surface area contributed by atoms with Crippen molar-refractivity contribution in [1.29, 1.82) is 0 Å². The molecule has 0 aliphatic carbocycles. The summed E-state index contributed by atoms with van der Waals surface area (Å²) >= 11 is 0. The Morgan fingerprint density at radius 2 is 1.24 bits per heavy atom. The Hall–Kier alpha value is -1.90. The maximum Gasteiger partial charge on any atom is 0.324 e. The molecule has 4 nitrogen and oxygen atoms in total. The minimum Gasteiger partial charge on any atom is -0.399 e. The molecule has 0 aliphatic heterocycles. The highest BCUT2D eigenvalue weighted by Gasteiger charge is 1.97. The number of rotatable bonds is 1. The van der Waals surface area contributed by atoms with Gasteiger partial charge in [-0.05, 0) is 35.4 Å². The molecule has 0 aliphatic rings. The summed E-state index contributed by atoms with van der Waals surface area (Å²) in [5, 5.41) is 0. The van der Waals surface area contributed by atoms with E-state index in [0.717, 1.165) is 22.5 Å². The minimum atomic E-state index is -0.833. The Morgan fingerprint density at radius 1 is 0.882 bits per heavy atom. The van der Waals surface area contributed by atoms with Crippen LogP contribution in [0.5, 0.6) is 0 Å². The monoisotopic (exact) mass is 248 g/mol. The Morgan fingerprint density at radius 3 is 1.53 bits per heavy atom. The van der Waals surface area contributed by atoms with Gasteiger partial charge in [0.1, 0.15) is 0 Å². The van der Waals surface area contributed by atoms with Crippen LogP contribution in [-0.4, -0.2) is 4.89 Å². The molecule has 0 atom stereocenters. The number of hydrogen-bond acceptors (Lipinski definition) is 3. The van der Waals surface area contributed by atoms with Crippen molar-refractivity contribution < 1.29 is 9.46 Å². The van der Waals surface area contributed by atoms with Crippen LogP contribution in [0.1, 0.15) is 0 Å². The summed E-state index contributed by atoms with van der Waals surface area (Å²) < 4.78 is 8.46. The molecule has 0 saturated carbocycles. The Labute approximate surface area is 101 Å². The molecule has 0 unspecified atom stereocenters. The van der Waals surface area contributed by atoms with Gasteiger partial charge in [-0.15, -0.1) is 0 Å². The number of nitrogen functional groups attached to an aromatic ring is 2. The van der Waals surface area contributed by atoms with Crippen molar-refractivity contribution in [2.45, 2.75) is 0 Å². The van der Waals surface area contributed by atoms with Crippen LogP contribution in [0.2, 0.25) is 0 Å². The lowest BCUT2D eigenvalue weighted by Gasteiger charge is -2.03. The van der Waals surface area contributed by atoms with Gasteiger partial charge in [-0.2, -0.15) is 0 Å². The van der Waals surface area contributed by atoms with Crippen LogP contribution in [0.15, 0.2) is 48.5 Å². The second kappa shape index (κ2) is 6.63. The predicted octanol–water partition coefficient (Wildman–Crippen LogP) is 2.70. The van der Waals surface area contributed by atoms with E-state index in [1.54, 1.807) is 0 Å². The van der Waals surface area contributed by atoms with Crippen molar-refractivity contribution in [3.8, 4) is 11.1 Å². The summed E-state index contributed by atoms with van der Waals surface area (Å²) in [6, 6.07) is 15.5. The summed E-state index contributed by atoms with van der Waals surface area (Å²) in [5.74, 6) is 0. The Kier molecular flexibility index (Phi) is 5.14. The summed E-state index contributed by atoms with van der Waals surface area (Å²) in [7, 11) is -0.833. The van der Waals surface area contributed by atoms with E-state index in [1.807, 2.05) is 48.5 Å². The predicted molar refractivity (Wildman–Crippen MR) is 70.5 cm³/mol. The zero-order valence-electron chi connectivity index (χ0n) is 9.08. The Bertz CT molecular complexity index is 460. The van der Waals surface area contributed by atoms with Gasteiger partial charge in [0.25, 0.3) is 0 Å². The van der Waals surface area contributed by atoms with Crippen LogP contribution < -0.4 is 11.5 Å². The molecule has 2 aromatic carbocycles. The second-order valence-electron chi connectivity index (χ2n) is 3.33. The van der Waals surface area contributed by atoms with Gasteiger partial charge in [0.15, 0.2) is 0 Å². The fraction of sp³-hybridized carbons (Fsp3) is 0. The van der Waals surface area contributed by atoms with E-state index in [0.29, 0.717) is 0 Å². The lowest BCUT2D eigenvalue weighted by molar-refractivity contribution is 0.524. The van der Waals surface area contributed by atoms with Crippen LogP contribution in [0, 0.1) is 0 Å². The first-order valence-corrected chi connectivity index (χ1v) is 5.62. The van der Waals surface area contributed by atoms with E-state index in [2.05, 4.69) is 0 Å². The lowest BCUT2D eigenvalue weighted by Crippen LogP contribution is -1.87. The minimum absolute atomic E-state index is 0.768. The van der Waals surface area contributed by atoms with Gasteiger partial charge in [0, 0.05) is 11.4 Å². The van der Waals surface area contributed by atoms with Crippen molar-refractivity contribution in [2.75, 3.05) is 11.5 Å². The average molecular weight is 248 g/mol. The van der Waals surface area contributed by atoms with E-state index in [4.69, 9.17) is 20.9 Å². The van der Waals surface area contributed by atoms with Crippen molar-refractivity contribution in [3.63, 3.8) is 0 Å². The summed E-state index contributed by atoms with van der Waals surface area (Å²) in [4.78, 5) is 6.99. The summed E-state index contributed by atoms with van der Waals surface area (Å²) in [6.45, 7) is 0. The van der Waals surface area contributed by atoms with Crippen molar-refractivity contribution >= 4 is 20.1 Å². The van der Waals surface area contributed by atoms with Gasteiger partial charge in [-0.1, -0.05) is 24.3 Å². The number of benzene rings is 2. The smallest absolute Gasteiger partial charge is 0.324 e. The van der Waals surface area contributed by atoms with Crippen LogP contribution in [-0.2, 0) is 4.57 Å². The molecule has 17 heavy (non-hydrogen) atoms. The standard InChI is InChI=1S/C12H12N2.HO2P/c13-11-5-1-3-9(7-11)10-4-2-6-12(14)8-10;1-3-2/h1-8H,13-14H2;(H,1,2). The van der Waals surface area contributed by atoms with Gasteiger partial charge in [0.2, 0.25) is 0 Å². The zero-order valence-corrected chi connectivity index (χ0v) is 9.97. The summed E-state index contributed by atoms with van der Waals surface area (Å²) in [6.07, 6.45) is 0. The molecule has 5 heteroatoms. The fourth-order valence-corrected chi connectivity index (χ4v) is 1.44. The first kappa shape index (κ1) is 13.2. The average Bonchev–Trinajstić information content (AvgIpc) is 2.30.